The Balaban J connectivity index is 1.17. The second-order valence-electron chi connectivity index (χ2n) is 26.3. The molecule has 0 saturated carbocycles. The predicted molar refractivity (Wildman–Crippen MR) is 419 cm³/mol. The molecule has 462 valence electrons. The van der Waals surface area contributed by atoms with Crippen LogP contribution >= 0.6 is 0 Å². The Morgan fingerprint density at radius 3 is 1.10 bits per heavy atom. The third-order valence-electron chi connectivity index (χ3n) is 20.1. The standard InChI is InChI=1S/C92H61BN6/c1-92(2,3)58-54-81-85-82(55-58)99-89-60(57-28-8-5-9-29-57)41-23-43-70(89)66-35-13-11-31-62(66)64-33-15-17-37-68(64)84-78(97-76-45-21-19-39-72(76)87-80(97)47-25-53-95-87)51-49-74(91(84)99)93(85)73-48-50-77(96-75-44-20-18-38-71(75)86-79(96)46-24-52-94-86)83-67-36-16-14-32-63(67)61-30-10-12-34-65(61)69-42-22-40-59(56-26-6-4-7-27-56)88(69)98(81)90(73)83/h4-55H,1-3H3/i18D,19D,20D,21D,24D,25D,38D,39D,44D,45D,46D,47D,48D,49D,50D,51D,52D,53D,54D,55D. The Morgan fingerprint density at radius 1 is 0.313 bits per heavy atom. The summed E-state index contributed by atoms with van der Waals surface area (Å²) in [4.78, 5) is 9.20. The number of para-hydroxylation sites is 4. The highest BCUT2D eigenvalue weighted by Gasteiger charge is 2.42. The minimum atomic E-state index is -1.68. The monoisotopic (exact) mass is 1280 g/mol. The first kappa shape index (κ1) is 39.5. The minimum Gasteiger partial charge on any atom is -0.309 e. The van der Waals surface area contributed by atoms with Gasteiger partial charge in [0, 0.05) is 67.2 Å². The van der Waals surface area contributed by atoms with E-state index in [4.69, 9.17) is 2.74 Å². The van der Waals surface area contributed by atoms with Gasteiger partial charge in [0.25, 0.3) is 6.71 Å². The van der Waals surface area contributed by atoms with Gasteiger partial charge in [-0.15, -0.1) is 0 Å². The molecule has 0 amide bonds. The van der Waals surface area contributed by atoms with Crippen molar-refractivity contribution >= 4 is 154 Å². The number of fused-ring (bicyclic) bond motifs is 24. The minimum absolute atomic E-state index is 0.0261. The largest absolute Gasteiger partial charge is 0.309 e. The van der Waals surface area contributed by atoms with Gasteiger partial charge in [-0.2, -0.15) is 0 Å². The third kappa shape index (κ3) is 7.84. The summed E-state index contributed by atoms with van der Waals surface area (Å²) in [5, 5.41) is 5.28. The molecule has 0 unspecified atom stereocenters. The zero-order valence-corrected chi connectivity index (χ0v) is 53.2. The van der Waals surface area contributed by atoms with Crippen LogP contribution in [0.2, 0.25) is 0 Å². The second kappa shape index (κ2) is 21.0. The molecular weight excluding hydrogens is 1200 g/mol. The maximum atomic E-state index is 11.8. The molecule has 2 aliphatic rings. The van der Waals surface area contributed by atoms with Crippen molar-refractivity contribution in [3.05, 3.63) is 321 Å². The van der Waals surface area contributed by atoms with Crippen molar-refractivity contribution in [2.45, 2.75) is 26.2 Å². The van der Waals surface area contributed by atoms with Gasteiger partial charge in [0.15, 0.2) is 0 Å². The fourth-order valence-electron chi connectivity index (χ4n) is 16.0. The maximum Gasteiger partial charge on any atom is 0.252 e. The third-order valence-corrected chi connectivity index (χ3v) is 20.1. The number of aromatic nitrogens is 6. The van der Waals surface area contributed by atoms with Crippen LogP contribution in [0.1, 0.15) is 53.7 Å². The summed E-state index contributed by atoms with van der Waals surface area (Å²) in [5.74, 6) is 0. The first-order chi connectivity index (χ1) is 57.2. The summed E-state index contributed by atoms with van der Waals surface area (Å²) in [6.45, 7) is 4.07. The van der Waals surface area contributed by atoms with E-state index in [0.29, 0.717) is 87.1 Å². The van der Waals surface area contributed by atoms with Crippen molar-refractivity contribution < 1.29 is 27.4 Å². The summed E-state index contributed by atoms with van der Waals surface area (Å²) >= 11 is 0. The lowest BCUT2D eigenvalue weighted by atomic mass is 9.34. The molecule has 13 aromatic carbocycles. The second-order valence-corrected chi connectivity index (χ2v) is 26.3. The zero-order valence-electron chi connectivity index (χ0n) is 73.2. The lowest BCUT2D eigenvalue weighted by Crippen LogP contribution is -2.60. The normalized spacial score (nSPS) is 15.4. The number of pyridine rings is 2. The molecule has 0 fully saturated rings. The van der Waals surface area contributed by atoms with E-state index in [9.17, 15) is 24.7 Å². The van der Waals surface area contributed by atoms with E-state index in [-0.39, 0.29) is 122 Å². The summed E-state index contributed by atoms with van der Waals surface area (Å²) in [7, 11) is 0. The maximum absolute atomic E-state index is 11.8. The van der Waals surface area contributed by atoms with E-state index in [0.717, 1.165) is 0 Å². The van der Waals surface area contributed by atoms with Crippen molar-refractivity contribution in [2.75, 3.05) is 0 Å². The van der Waals surface area contributed by atoms with Gasteiger partial charge >= 0.3 is 0 Å². The molecule has 0 bridgehead atoms. The van der Waals surface area contributed by atoms with Gasteiger partial charge in [-0.05, 0) is 142 Å². The Kier molecular flexibility index (Phi) is 8.36. The molecule has 21 rings (SSSR count). The van der Waals surface area contributed by atoms with Crippen LogP contribution in [-0.4, -0.2) is 34.9 Å². The number of benzene rings is 13. The molecule has 0 atom stereocenters. The average molecular weight is 1280 g/mol. The molecule has 19 aromatic rings. The number of hydrogen-bond acceptors (Lipinski definition) is 2. The Bertz CT molecular complexity index is 7710. The number of rotatable bonds is 4. The number of hydrogen-bond donors (Lipinski definition) is 0. The predicted octanol–water partition coefficient (Wildman–Crippen LogP) is 21.5. The molecule has 0 N–H and O–H groups in total. The fourth-order valence-corrected chi connectivity index (χ4v) is 16.0. The molecular formula is C92H61BN6. The molecule has 99 heavy (non-hydrogen) atoms. The molecule has 0 aliphatic carbocycles. The highest BCUT2D eigenvalue weighted by Crippen LogP contribution is 2.48. The van der Waals surface area contributed by atoms with E-state index < -0.39 is 121 Å². The van der Waals surface area contributed by atoms with E-state index in [1.807, 2.05) is 212 Å². The van der Waals surface area contributed by atoms with Crippen LogP contribution in [0.3, 0.4) is 0 Å². The van der Waals surface area contributed by atoms with Gasteiger partial charge in [-0.3, -0.25) is 9.97 Å². The number of nitrogens with zero attached hydrogens (tertiary/aromatic N) is 6. The zero-order chi connectivity index (χ0) is 82.8. The van der Waals surface area contributed by atoms with Crippen LogP contribution in [0.4, 0.5) is 0 Å². The SMILES string of the molecule is [2H]c1nc2c3c([2H])c([2H])c([2H])c([2H])c3n(-c3c([2H])c([2H])c4c5c3c3ccccc3c3ccccc3c3cccc(-c6ccccc6)c3n5-c3c([2H])c(C(C)(C)C)c([2H])c5c3B4c3c([2H])c([2H])c(-n4c6c([2H])c([2H])c([2H])nc6c6c([2H])c([2H])c([2H])c([2H])c64)c4c6ccccc6c6ccccc6c6cccc(-c7ccccc7)c6n-5c34)c2c([2H])c1[2H]. The van der Waals surface area contributed by atoms with E-state index in [1.54, 1.807) is 12.1 Å². The molecule has 6 aromatic heterocycles. The smallest absolute Gasteiger partial charge is 0.252 e. The lowest BCUT2D eigenvalue weighted by Gasteiger charge is -2.38. The van der Waals surface area contributed by atoms with Crippen LogP contribution in [-0.2, 0) is 5.41 Å². The van der Waals surface area contributed by atoms with Crippen LogP contribution < -0.4 is 16.4 Å². The summed E-state index contributed by atoms with van der Waals surface area (Å²) < 4.78 is 211. The van der Waals surface area contributed by atoms with Gasteiger partial charge in [-0.25, -0.2) is 0 Å². The first-order valence-electron chi connectivity index (χ1n) is 42.8. The quantitative estimate of drug-likeness (QED) is 0.165. The van der Waals surface area contributed by atoms with Crippen LogP contribution in [0.15, 0.2) is 315 Å². The van der Waals surface area contributed by atoms with Crippen molar-refractivity contribution in [3.8, 4) is 45.0 Å². The Labute approximate surface area is 599 Å². The fraction of sp³-hybridized carbons (Fsp3) is 0.0435. The Morgan fingerprint density at radius 2 is 0.677 bits per heavy atom. The summed E-state index contributed by atoms with van der Waals surface area (Å²) in [6.07, 6.45) is -1.35. The highest BCUT2D eigenvalue weighted by atomic mass is 15.1. The highest BCUT2D eigenvalue weighted by molar-refractivity contribution is 7.00. The molecule has 0 saturated heterocycles. The summed E-state index contributed by atoms with van der Waals surface area (Å²) in [5.41, 5.74) is 0.679. The van der Waals surface area contributed by atoms with Crippen molar-refractivity contribution in [3.63, 3.8) is 0 Å². The molecule has 6 nitrogen and oxygen atoms in total. The average Bonchev–Trinajstić information content (AvgIpc) is 1.64. The molecule has 7 heteroatoms. The Hall–Kier alpha value is -12.6. The van der Waals surface area contributed by atoms with Crippen LogP contribution in [0.25, 0.3) is 176 Å². The molecule has 0 spiro atoms. The topological polar surface area (TPSA) is 45.5 Å². The van der Waals surface area contributed by atoms with Gasteiger partial charge in [0.1, 0.15) is 0 Å². The van der Waals surface area contributed by atoms with Crippen LogP contribution in [0, 0.1) is 0 Å². The van der Waals surface area contributed by atoms with E-state index >= 15 is 0 Å². The van der Waals surface area contributed by atoms with Gasteiger partial charge in [0.2, 0.25) is 0 Å². The van der Waals surface area contributed by atoms with Gasteiger partial charge in [0.05, 0.1) is 94.0 Å². The van der Waals surface area contributed by atoms with Crippen LogP contribution in [0.5, 0.6) is 0 Å². The van der Waals surface area contributed by atoms with Crippen molar-refractivity contribution in [2.24, 2.45) is 0 Å². The first-order valence-corrected chi connectivity index (χ1v) is 32.8. The molecule has 8 heterocycles. The van der Waals surface area contributed by atoms with Crippen molar-refractivity contribution in [1.82, 2.24) is 28.2 Å². The lowest BCUT2D eigenvalue weighted by molar-refractivity contribution is 0.589. The van der Waals surface area contributed by atoms with Gasteiger partial charge < -0.3 is 18.3 Å². The van der Waals surface area contributed by atoms with Crippen molar-refractivity contribution in [1.29, 1.82) is 0 Å². The molecule has 0 radical (unpaired) electrons. The van der Waals surface area contributed by atoms with E-state index in [1.165, 1.54) is 9.13 Å². The van der Waals surface area contributed by atoms with E-state index in [2.05, 4.69) is 9.97 Å². The summed E-state index contributed by atoms with van der Waals surface area (Å²) in [6, 6.07) is 50.7. The van der Waals surface area contributed by atoms with Gasteiger partial charge in [-0.1, -0.05) is 263 Å². The molecule has 2 aliphatic heterocycles.